The molecule has 0 radical (unpaired) electrons. The zero-order valence-electron chi connectivity index (χ0n) is 15.2. The maximum Gasteiger partial charge on any atom is 0.262 e. The molecule has 0 spiro atoms. The molecule has 0 unspecified atom stereocenters. The van der Waals surface area contributed by atoms with Gasteiger partial charge in [0.25, 0.3) is 11.5 Å². The average Bonchev–Trinajstić information content (AvgIpc) is 3.10. The van der Waals surface area contributed by atoms with Crippen molar-refractivity contribution < 1.29 is 9.18 Å². The Morgan fingerprint density at radius 3 is 2.82 bits per heavy atom. The van der Waals surface area contributed by atoms with Crippen LogP contribution in [-0.2, 0) is 6.54 Å². The summed E-state index contributed by atoms with van der Waals surface area (Å²) in [6.07, 6.45) is 3.88. The average molecular weight is 379 g/mol. The molecular weight excluding hydrogens is 361 g/mol. The van der Waals surface area contributed by atoms with Crippen LogP contribution in [0.15, 0.2) is 47.5 Å². The maximum absolute atomic E-state index is 13.0. The Kier molecular flexibility index (Phi) is 4.60. The molecule has 0 saturated heterocycles. The Balaban J connectivity index is 1.54. The zero-order valence-corrected chi connectivity index (χ0v) is 15.2. The number of nitrogens with zero attached hydrogens (tertiary/aromatic N) is 3. The van der Waals surface area contributed by atoms with E-state index in [1.807, 2.05) is 13.0 Å². The number of hydrogen-bond donors (Lipinski definition) is 2. The zero-order chi connectivity index (χ0) is 19.7. The molecule has 0 aliphatic carbocycles. The highest BCUT2D eigenvalue weighted by Gasteiger charge is 2.15. The van der Waals surface area contributed by atoms with Crippen molar-refractivity contribution >= 4 is 27.7 Å². The van der Waals surface area contributed by atoms with Crippen LogP contribution in [0.4, 0.5) is 4.39 Å². The molecule has 1 aromatic carbocycles. The largest absolute Gasteiger partial charge is 0.352 e. The summed E-state index contributed by atoms with van der Waals surface area (Å²) in [6.45, 7) is 2.62. The number of carbonyl (C=O) groups is 1. The van der Waals surface area contributed by atoms with E-state index in [1.165, 1.54) is 24.3 Å². The van der Waals surface area contributed by atoms with Crippen LogP contribution in [0.5, 0.6) is 0 Å². The number of carbonyl (C=O) groups excluding carboxylic acids is 1. The van der Waals surface area contributed by atoms with Crippen LogP contribution in [0.3, 0.4) is 0 Å². The topological polar surface area (TPSA) is 92.7 Å². The molecule has 142 valence electrons. The first-order valence-electron chi connectivity index (χ1n) is 8.91. The molecular formula is C20H18FN5O2. The van der Waals surface area contributed by atoms with Gasteiger partial charge in [0.1, 0.15) is 11.3 Å². The second kappa shape index (κ2) is 7.22. The van der Waals surface area contributed by atoms with Crippen molar-refractivity contribution in [2.75, 3.05) is 6.54 Å². The first kappa shape index (κ1) is 17.8. The smallest absolute Gasteiger partial charge is 0.262 e. The van der Waals surface area contributed by atoms with Crippen molar-refractivity contribution in [3.05, 3.63) is 70.2 Å². The quantitative estimate of drug-likeness (QED) is 0.521. The number of aromatic amines is 1. The fraction of sp³-hybridized carbons (Fsp3) is 0.200. The van der Waals surface area contributed by atoms with E-state index in [2.05, 4.69) is 20.5 Å². The number of amides is 1. The molecule has 0 atom stereocenters. The van der Waals surface area contributed by atoms with E-state index < -0.39 is 0 Å². The van der Waals surface area contributed by atoms with E-state index in [1.54, 1.807) is 17.0 Å². The van der Waals surface area contributed by atoms with Gasteiger partial charge in [0, 0.05) is 35.9 Å². The summed E-state index contributed by atoms with van der Waals surface area (Å²) in [4.78, 5) is 29.2. The summed E-state index contributed by atoms with van der Waals surface area (Å²) >= 11 is 0. The SMILES string of the molecule is Cc1[nH]nc2c1c(=O)n(CCCNC(=O)c1ccc(F)cc1)c1cnccc21. The third kappa shape index (κ3) is 3.13. The second-order valence-electron chi connectivity index (χ2n) is 6.54. The maximum atomic E-state index is 13.0. The minimum atomic E-state index is -0.388. The van der Waals surface area contributed by atoms with Gasteiger partial charge in [-0.15, -0.1) is 0 Å². The van der Waals surface area contributed by atoms with Crippen molar-refractivity contribution in [3.63, 3.8) is 0 Å². The van der Waals surface area contributed by atoms with E-state index in [4.69, 9.17) is 0 Å². The Hall–Kier alpha value is -3.55. The molecule has 3 aromatic heterocycles. The van der Waals surface area contributed by atoms with Crippen molar-refractivity contribution in [2.24, 2.45) is 0 Å². The Labute approximate surface area is 159 Å². The number of halogens is 1. The Morgan fingerprint density at radius 1 is 1.25 bits per heavy atom. The predicted molar refractivity (Wildman–Crippen MR) is 104 cm³/mol. The first-order chi connectivity index (χ1) is 13.6. The minimum Gasteiger partial charge on any atom is -0.352 e. The van der Waals surface area contributed by atoms with Gasteiger partial charge in [-0.3, -0.25) is 19.7 Å². The van der Waals surface area contributed by atoms with Crippen molar-refractivity contribution in [3.8, 4) is 0 Å². The second-order valence-corrected chi connectivity index (χ2v) is 6.54. The van der Waals surface area contributed by atoms with Crippen molar-refractivity contribution in [2.45, 2.75) is 19.9 Å². The number of hydrogen-bond acceptors (Lipinski definition) is 4. The molecule has 0 saturated carbocycles. The monoisotopic (exact) mass is 379 g/mol. The standard InChI is InChI=1S/C20H18FN5O2/c1-12-17-18(25-24-12)15-7-9-22-11-16(15)26(20(17)28)10-2-8-23-19(27)13-3-5-14(21)6-4-13/h3-7,9,11H,2,8,10H2,1H3,(H,23,27)(H,24,25). The van der Waals surface area contributed by atoms with Crippen LogP contribution < -0.4 is 10.9 Å². The number of nitrogens with one attached hydrogen (secondary N) is 2. The third-order valence-corrected chi connectivity index (χ3v) is 4.70. The molecule has 2 N–H and O–H groups in total. The first-order valence-corrected chi connectivity index (χ1v) is 8.91. The number of aryl methyl sites for hydroxylation is 2. The van der Waals surface area contributed by atoms with Gasteiger partial charge in [0.2, 0.25) is 0 Å². The number of aromatic nitrogens is 4. The van der Waals surface area contributed by atoms with E-state index in [0.717, 1.165) is 11.1 Å². The van der Waals surface area contributed by atoms with Gasteiger partial charge in [0.15, 0.2) is 0 Å². The molecule has 4 aromatic rings. The summed E-state index contributed by atoms with van der Waals surface area (Å²) in [7, 11) is 0. The van der Waals surface area contributed by atoms with E-state index in [-0.39, 0.29) is 17.3 Å². The van der Waals surface area contributed by atoms with Gasteiger partial charge in [-0.25, -0.2) is 4.39 Å². The molecule has 3 heterocycles. The molecule has 0 aliphatic heterocycles. The predicted octanol–water partition coefficient (Wildman–Crippen LogP) is 2.54. The molecule has 0 bridgehead atoms. The van der Waals surface area contributed by atoms with Gasteiger partial charge < -0.3 is 9.88 Å². The number of benzene rings is 1. The lowest BCUT2D eigenvalue weighted by molar-refractivity contribution is 0.0952. The summed E-state index contributed by atoms with van der Waals surface area (Å²) in [5, 5.41) is 11.3. The highest BCUT2D eigenvalue weighted by Crippen LogP contribution is 2.21. The summed E-state index contributed by atoms with van der Waals surface area (Å²) in [5.74, 6) is -0.665. The molecule has 0 fully saturated rings. The van der Waals surface area contributed by atoms with Crippen LogP contribution in [0.1, 0.15) is 22.5 Å². The van der Waals surface area contributed by atoms with Gasteiger partial charge in [-0.05, 0) is 43.7 Å². The lowest BCUT2D eigenvalue weighted by Crippen LogP contribution is -2.27. The molecule has 28 heavy (non-hydrogen) atoms. The van der Waals surface area contributed by atoms with Crippen molar-refractivity contribution in [1.82, 2.24) is 25.1 Å². The summed E-state index contributed by atoms with van der Waals surface area (Å²) in [5.41, 5.74) is 2.32. The number of fused-ring (bicyclic) bond motifs is 3. The Morgan fingerprint density at radius 2 is 2.04 bits per heavy atom. The van der Waals surface area contributed by atoms with Crippen LogP contribution in [0.2, 0.25) is 0 Å². The summed E-state index contributed by atoms with van der Waals surface area (Å²) < 4.78 is 14.6. The third-order valence-electron chi connectivity index (χ3n) is 4.70. The van der Waals surface area contributed by atoms with Gasteiger partial charge >= 0.3 is 0 Å². The number of H-pyrrole nitrogens is 1. The fourth-order valence-corrected chi connectivity index (χ4v) is 3.30. The van der Waals surface area contributed by atoms with Gasteiger partial charge in [0.05, 0.1) is 17.1 Å². The van der Waals surface area contributed by atoms with Crippen LogP contribution in [-0.4, -0.2) is 32.2 Å². The van der Waals surface area contributed by atoms with Gasteiger partial charge in [-0.1, -0.05) is 0 Å². The molecule has 7 nitrogen and oxygen atoms in total. The minimum absolute atomic E-state index is 0.133. The van der Waals surface area contributed by atoms with Gasteiger partial charge in [-0.2, -0.15) is 5.10 Å². The lowest BCUT2D eigenvalue weighted by atomic mass is 10.1. The lowest BCUT2D eigenvalue weighted by Gasteiger charge is -2.11. The molecule has 1 amide bonds. The fourth-order valence-electron chi connectivity index (χ4n) is 3.30. The number of pyridine rings is 2. The van der Waals surface area contributed by atoms with Crippen LogP contribution in [0.25, 0.3) is 21.8 Å². The normalized spacial score (nSPS) is 11.2. The molecule has 8 heteroatoms. The highest BCUT2D eigenvalue weighted by molar-refractivity contribution is 6.03. The van der Waals surface area contributed by atoms with Crippen LogP contribution >= 0.6 is 0 Å². The number of rotatable bonds is 5. The Bertz CT molecular complexity index is 1230. The van der Waals surface area contributed by atoms with E-state index in [9.17, 15) is 14.0 Å². The molecule has 4 rings (SSSR count). The van der Waals surface area contributed by atoms with Crippen molar-refractivity contribution in [1.29, 1.82) is 0 Å². The summed E-state index contributed by atoms with van der Waals surface area (Å²) in [6, 6.07) is 7.20. The van der Waals surface area contributed by atoms with Crippen LogP contribution in [0, 0.1) is 12.7 Å². The highest BCUT2D eigenvalue weighted by atomic mass is 19.1. The van der Waals surface area contributed by atoms with E-state index >= 15 is 0 Å². The van der Waals surface area contributed by atoms with E-state index in [0.29, 0.717) is 41.5 Å². The molecule has 0 aliphatic rings.